The Bertz CT molecular complexity index is 592. The number of carbonyl (C=O) groups excluding carboxylic acids is 2. The fourth-order valence-corrected chi connectivity index (χ4v) is 3.99. The van der Waals surface area contributed by atoms with Gasteiger partial charge in [0, 0.05) is 30.5 Å². The molecule has 1 amide bonds. The SMILES string of the molecule is CC(=O)N[C@H]1CCCCn2c(C)c(sc2=S)CCOC1=O. The van der Waals surface area contributed by atoms with Crippen LogP contribution in [0.5, 0.6) is 0 Å². The molecule has 0 radical (unpaired) electrons. The first-order chi connectivity index (χ1) is 9.99. The zero-order valence-corrected chi connectivity index (χ0v) is 13.9. The van der Waals surface area contributed by atoms with Crippen molar-refractivity contribution in [3.8, 4) is 0 Å². The topological polar surface area (TPSA) is 60.3 Å². The molecule has 21 heavy (non-hydrogen) atoms. The maximum absolute atomic E-state index is 12.0. The highest BCUT2D eigenvalue weighted by atomic mass is 32.1. The molecule has 0 aliphatic carbocycles. The van der Waals surface area contributed by atoms with Crippen molar-refractivity contribution in [3.05, 3.63) is 14.5 Å². The quantitative estimate of drug-likeness (QED) is 0.635. The van der Waals surface area contributed by atoms with Crippen LogP contribution in [-0.4, -0.2) is 29.1 Å². The van der Waals surface area contributed by atoms with Crippen molar-refractivity contribution in [3.63, 3.8) is 0 Å². The van der Waals surface area contributed by atoms with E-state index in [0.29, 0.717) is 19.4 Å². The molecule has 2 rings (SSSR count). The predicted molar refractivity (Wildman–Crippen MR) is 84.0 cm³/mol. The fourth-order valence-electron chi connectivity index (χ4n) is 2.47. The van der Waals surface area contributed by atoms with Gasteiger partial charge in [0.1, 0.15) is 6.04 Å². The molecule has 116 valence electrons. The van der Waals surface area contributed by atoms with Crippen molar-refractivity contribution in [1.82, 2.24) is 9.88 Å². The van der Waals surface area contributed by atoms with Gasteiger partial charge in [-0.25, -0.2) is 4.79 Å². The summed E-state index contributed by atoms with van der Waals surface area (Å²) >= 11 is 6.99. The zero-order valence-electron chi connectivity index (χ0n) is 12.3. The Morgan fingerprint density at radius 2 is 2.24 bits per heavy atom. The van der Waals surface area contributed by atoms with Gasteiger partial charge in [0.2, 0.25) is 5.91 Å². The Morgan fingerprint density at radius 3 is 2.95 bits per heavy atom. The number of amides is 1. The Balaban J connectivity index is 2.13. The lowest BCUT2D eigenvalue weighted by atomic mass is 10.1. The lowest BCUT2D eigenvalue weighted by Crippen LogP contribution is -2.41. The summed E-state index contributed by atoms with van der Waals surface area (Å²) in [5.74, 6) is -0.547. The molecule has 1 aliphatic heterocycles. The molecule has 7 heteroatoms. The average Bonchev–Trinajstić information content (AvgIpc) is 2.68. The van der Waals surface area contributed by atoms with Crippen molar-refractivity contribution < 1.29 is 14.3 Å². The summed E-state index contributed by atoms with van der Waals surface area (Å²) in [7, 11) is 0. The first-order valence-electron chi connectivity index (χ1n) is 7.12. The van der Waals surface area contributed by atoms with Crippen molar-refractivity contribution >= 4 is 35.4 Å². The summed E-state index contributed by atoms with van der Waals surface area (Å²) in [6.45, 7) is 4.67. The van der Waals surface area contributed by atoms with Crippen molar-refractivity contribution in [2.24, 2.45) is 0 Å². The van der Waals surface area contributed by atoms with E-state index < -0.39 is 6.04 Å². The zero-order chi connectivity index (χ0) is 15.4. The summed E-state index contributed by atoms with van der Waals surface area (Å²) in [5.41, 5.74) is 1.18. The molecule has 5 nitrogen and oxygen atoms in total. The minimum absolute atomic E-state index is 0.205. The molecule has 1 aromatic heterocycles. The third-order valence-corrected chi connectivity index (χ3v) is 5.21. The van der Waals surface area contributed by atoms with Crippen LogP contribution in [0.15, 0.2) is 0 Å². The molecule has 0 saturated carbocycles. The summed E-state index contributed by atoms with van der Waals surface area (Å²) < 4.78 is 8.34. The van der Waals surface area contributed by atoms with Crippen LogP contribution in [0.1, 0.15) is 36.8 Å². The number of nitrogens with zero attached hydrogens (tertiary/aromatic N) is 1. The minimum atomic E-state index is -0.538. The average molecular weight is 328 g/mol. The molecule has 0 spiro atoms. The van der Waals surface area contributed by atoms with Crippen molar-refractivity contribution in [1.29, 1.82) is 0 Å². The number of hydrogen-bond donors (Lipinski definition) is 1. The lowest BCUT2D eigenvalue weighted by molar-refractivity contribution is -0.147. The van der Waals surface area contributed by atoms with Crippen LogP contribution in [0.3, 0.4) is 0 Å². The van der Waals surface area contributed by atoms with Gasteiger partial charge >= 0.3 is 5.97 Å². The number of cyclic esters (lactones) is 1. The van der Waals surface area contributed by atoms with Crippen LogP contribution in [0.4, 0.5) is 0 Å². The van der Waals surface area contributed by atoms with Crippen LogP contribution in [-0.2, 0) is 27.3 Å². The van der Waals surface area contributed by atoms with E-state index in [1.54, 1.807) is 11.3 Å². The van der Waals surface area contributed by atoms with Crippen molar-refractivity contribution in [2.45, 2.75) is 52.1 Å². The van der Waals surface area contributed by atoms with E-state index in [9.17, 15) is 9.59 Å². The number of aromatic nitrogens is 1. The Labute approximate surface area is 133 Å². The van der Waals surface area contributed by atoms with Gasteiger partial charge in [-0.2, -0.15) is 0 Å². The van der Waals surface area contributed by atoms with Gasteiger partial charge in [-0.15, -0.1) is 11.3 Å². The van der Waals surface area contributed by atoms with Crippen LogP contribution in [0.2, 0.25) is 0 Å². The predicted octanol–water partition coefficient (Wildman–Crippen LogP) is 2.36. The van der Waals surface area contributed by atoms with Gasteiger partial charge in [-0.3, -0.25) is 4.79 Å². The first-order valence-corrected chi connectivity index (χ1v) is 8.34. The van der Waals surface area contributed by atoms with Gasteiger partial charge in [0.25, 0.3) is 0 Å². The number of hydrogen-bond acceptors (Lipinski definition) is 5. The monoisotopic (exact) mass is 328 g/mol. The highest BCUT2D eigenvalue weighted by molar-refractivity contribution is 7.73. The number of carbonyl (C=O) groups is 2. The summed E-state index contributed by atoms with van der Waals surface area (Å²) in [6.07, 6.45) is 3.04. The van der Waals surface area contributed by atoms with Crippen LogP contribution in [0.25, 0.3) is 0 Å². The number of fused-ring (bicyclic) bond motifs is 2. The number of nitrogens with one attached hydrogen (secondary N) is 1. The Hall–Kier alpha value is -1.21. The van der Waals surface area contributed by atoms with Gasteiger partial charge in [0.15, 0.2) is 3.95 Å². The fraction of sp³-hybridized carbons (Fsp3) is 0.643. The normalized spacial score (nSPS) is 20.1. The number of ether oxygens (including phenoxy) is 1. The highest BCUT2D eigenvalue weighted by Gasteiger charge is 2.21. The first kappa shape index (κ1) is 16.2. The van der Waals surface area contributed by atoms with Crippen LogP contribution < -0.4 is 5.32 Å². The standard InChI is InChI=1S/C14H20N2O3S2/c1-9-12-6-8-19-13(18)11(15-10(2)17)5-3-4-7-16(9)14(20)21-12/h11H,3-8H2,1-2H3,(H,15,17)/t11-/m0/s1. The van der Waals surface area contributed by atoms with Crippen LogP contribution in [0, 0.1) is 10.9 Å². The number of thiazole rings is 1. The molecule has 1 aliphatic rings. The van der Waals surface area contributed by atoms with Gasteiger partial charge in [0.05, 0.1) is 6.61 Å². The second-order valence-corrected chi connectivity index (χ2v) is 6.92. The second-order valence-electron chi connectivity index (χ2n) is 5.19. The molecule has 0 unspecified atom stereocenters. The third-order valence-electron chi connectivity index (χ3n) is 3.60. The molecular formula is C14H20N2O3S2. The van der Waals surface area contributed by atoms with E-state index in [4.69, 9.17) is 17.0 Å². The molecular weight excluding hydrogens is 308 g/mol. The van der Waals surface area contributed by atoms with Gasteiger partial charge in [-0.1, -0.05) is 0 Å². The molecule has 2 bridgehead atoms. The molecule has 0 saturated heterocycles. The maximum atomic E-state index is 12.0. The summed E-state index contributed by atoms with van der Waals surface area (Å²) in [5, 5.41) is 2.67. The smallest absolute Gasteiger partial charge is 0.328 e. The largest absolute Gasteiger partial charge is 0.464 e. The van der Waals surface area contributed by atoms with Crippen molar-refractivity contribution in [2.75, 3.05) is 6.61 Å². The molecule has 1 aromatic rings. The Kier molecular flexibility index (Phi) is 5.52. The second kappa shape index (κ2) is 7.17. The van der Waals surface area contributed by atoms with E-state index in [2.05, 4.69) is 16.8 Å². The third kappa shape index (κ3) is 4.14. The van der Waals surface area contributed by atoms with E-state index in [-0.39, 0.29) is 11.9 Å². The number of rotatable bonds is 1. The van der Waals surface area contributed by atoms with Gasteiger partial charge < -0.3 is 14.6 Å². The molecule has 1 N–H and O–H groups in total. The highest BCUT2D eigenvalue weighted by Crippen LogP contribution is 2.21. The number of esters is 1. The van der Waals surface area contributed by atoms with Gasteiger partial charge in [-0.05, 0) is 38.4 Å². The van der Waals surface area contributed by atoms with E-state index in [1.165, 1.54) is 17.5 Å². The lowest BCUT2D eigenvalue weighted by Gasteiger charge is -2.17. The molecule has 0 fully saturated rings. The van der Waals surface area contributed by atoms with E-state index >= 15 is 0 Å². The molecule has 2 heterocycles. The van der Waals surface area contributed by atoms with E-state index in [1.807, 2.05) is 0 Å². The summed E-state index contributed by atoms with van der Waals surface area (Å²) in [6, 6.07) is -0.538. The molecule has 1 atom stereocenters. The molecule has 0 aromatic carbocycles. The van der Waals surface area contributed by atoms with E-state index in [0.717, 1.165) is 23.3 Å². The van der Waals surface area contributed by atoms with Crippen LogP contribution >= 0.6 is 23.6 Å². The Morgan fingerprint density at radius 1 is 1.48 bits per heavy atom. The minimum Gasteiger partial charge on any atom is -0.464 e. The summed E-state index contributed by atoms with van der Waals surface area (Å²) in [4.78, 5) is 24.4. The maximum Gasteiger partial charge on any atom is 0.328 e.